The molecule has 0 saturated heterocycles. The Morgan fingerprint density at radius 1 is 1.33 bits per heavy atom. The van der Waals surface area contributed by atoms with Gasteiger partial charge in [-0.3, -0.25) is 4.99 Å². The SMILES string of the molecule is CC(=NCCCl)c1ccccc1. The second-order valence-electron chi connectivity index (χ2n) is 2.52. The van der Waals surface area contributed by atoms with Crippen LogP contribution in [0, 0.1) is 0 Å². The van der Waals surface area contributed by atoms with Crippen LogP contribution in [0.3, 0.4) is 0 Å². The molecule has 0 N–H and O–H groups in total. The number of rotatable bonds is 3. The van der Waals surface area contributed by atoms with Gasteiger partial charge in [0.25, 0.3) is 0 Å². The minimum absolute atomic E-state index is 0.587. The van der Waals surface area contributed by atoms with Crippen LogP contribution in [0.15, 0.2) is 35.3 Å². The molecule has 0 aliphatic heterocycles. The van der Waals surface area contributed by atoms with Crippen molar-refractivity contribution in [1.29, 1.82) is 0 Å². The van der Waals surface area contributed by atoms with E-state index in [1.54, 1.807) is 0 Å². The smallest absolute Gasteiger partial charge is 0.0528 e. The van der Waals surface area contributed by atoms with Crippen LogP contribution < -0.4 is 0 Å². The molecule has 0 fully saturated rings. The third-order valence-electron chi connectivity index (χ3n) is 1.63. The summed E-state index contributed by atoms with van der Waals surface area (Å²) in [5, 5.41) is 0. The van der Waals surface area contributed by atoms with Gasteiger partial charge in [0, 0.05) is 11.6 Å². The Labute approximate surface area is 78.1 Å². The van der Waals surface area contributed by atoms with Gasteiger partial charge in [0.2, 0.25) is 0 Å². The summed E-state index contributed by atoms with van der Waals surface area (Å²) in [7, 11) is 0. The molecule has 0 aromatic heterocycles. The Balaban J connectivity index is 2.71. The van der Waals surface area contributed by atoms with Gasteiger partial charge in [0.05, 0.1) is 6.54 Å². The number of nitrogens with zero attached hydrogens (tertiary/aromatic N) is 1. The quantitative estimate of drug-likeness (QED) is 0.502. The van der Waals surface area contributed by atoms with E-state index in [0.29, 0.717) is 12.4 Å². The molecule has 1 aromatic rings. The molecule has 0 aliphatic carbocycles. The molecular formula is C10H12ClN. The molecule has 12 heavy (non-hydrogen) atoms. The van der Waals surface area contributed by atoms with E-state index in [1.807, 2.05) is 37.3 Å². The van der Waals surface area contributed by atoms with Crippen LogP contribution in [0.25, 0.3) is 0 Å². The van der Waals surface area contributed by atoms with Crippen molar-refractivity contribution in [2.45, 2.75) is 6.92 Å². The number of alkyl halides is 1. The first-order chi connectivity index (χ1) is 5.84. The van der Waals surface area contributed by atoms with Crippen LogP contribution in [-0.4, -0.2) is 18.1 Å². The van der Waals surface area contributed by atoms with Crippen molar-refractivity contribution in [3.63, 3.8) is 0 Å². The van der Waals surface area contributed by atoms with E-state index >= 15 is 0 Å². The van der Waals surface area contributed by atoms with E-state index < -0.39 is 0 Å². The number of hydrogen-bond acceptors (Lipinski definition) is 1. The third-order valence-corrected chi connectivity index (χ3v) is 1.79. The maximum atomic E-state index is 5.53. The Hall–Kier alpha value is -0.820. The summed E-state index contributed by atoms with van der Waals surface area (Å²) >= 11 is 5.53. The summed E-state index contributed by atoms with van der Waals surface area (Å²) in [4.78, 5) is 4.30. The fourth-order valence-corrected chi connectivity index (χ4v) is 1.07. The molecule has 0 atom stereocenters. The van der Waals surface area contributed by atoms with Gasteiger partial charge in [0.1, 0.15) is 0 Å². The molecule has 0 radical (unpaired) electrons. The Morgan fingerprint density at radius 3 is 2.58 bits per heavy atom. The van der Waals surface area contributed by atoms with Gasteiger partial charge in [-0.1, -0.05) is 30.3 Å². The van der Waals surface area contributed by atoms with Gasteiger partial charge >= 0.3 is 0 Å². The zero-order chi connectivity index (χ0) is 8.81. The largest absolute Gasteiger partial charge is 0.288 e. The number of benzene rings is 1. The van der Waals surface area contributed by atoms with Crippen molar-refractivity contribution in [2.24, 2.45) is 4.99 Å². The highest BCUT2D eigenvalue weighted by Crippen LogP contribution is 2.00. The van der Waals surface area contributed by atoms with Crippen LogP contribution in [0.4, 0.5) is 0 Å². The lowest BCUT2D eigenvalue weighted by atomic mass is 10.1. The zero-order valence-corrected chi connectivity index (χ0v) is 7.88. The maximum Gasteiger partial charge on any atom is 0.0528 e. The summed E-state index contributed by atoms with van der Waals surface area (Å²) in [6.07, 6.45) is 0. The third kappa shape index (κ3) is 2.67. The fraction of sp³-hybridized carbons (Fsp3) is 0.300. The molecule has 64 valence electrons. The average molecular weight is 182 g/mol. The van der Waals surface area contributed by atoms with Crippen LogP contribution in [-0.2, 0) is 0 Å². The van der Waals surface area contributed by atoms with Crippen molar-refractivity contribution in [3.8, 4) is 0 Å². The minimum Gasteiger partial charge on any atom is -0.288 e. The molecule has 0 bridgehead atoms. The lowest BCUT2D eigenvalue weighted by Crippen LogP contribution is -1.96. The molecule has 0 aliphatic rings. The van der Waals surface area contributed by atoms with Crippen LogP contribution in [0.5, 0.6) is 0 Å². The fourth-order valence-electron chi connectivity index (χ4n) is 0.981. The molecule has 0 heterocycles. The van der Waals surface area contributed by atoms with E-state index in [2.05, 4.69) is 4.99 Å². The lowest BCUT2D eigenvalue weighted by Gasteiger charge is -1.98. The minimum atomic E-state index is 0.587. The Kier molecular flexibility index (Phi) is 3.81. The van der Waals surface area contributed by atoms with E-state index in [4.69, 9.17) is 11.6 Å². The van der Waals surface area contributed by atoms with E-state index in [9.17, 15) is 0 Å². The molecule has 0 amide bonds. The molecule has 0 saturated carbocycles. The summed E-state index contributed by atoms with van der Waals surface area (Å²) in [6.45, 7) is 2.70. The van der Waals surface area contributed by atoms with Gasteiger partial charge in [-0.2, -0.15) is 0 Å². The lowest BCUT2D eigenvalue weighted by molar-refractivity contribution is 1.13. The molecule has 1 nitrogen and oxygen atoms in total. The second-order valence-corrected chi connectivity index (χ2v) is 2.90. The van der Waals surface area contributed by atoms with Crippen molar-refractivity contribution in [3.05, 3.63) is 35.9 Å². The monoisotopic (exact) mass is 181 g/mol. The first-order valence-electron chi connectivity index (χ1n) is 3.97. The predicted octanol–water partition coefficient (Wildman–Crippen LogP) is 2.73. The maximum absolute atomic E-state index is 5.53. The number of aliphatic imine (C=N–C) groups is 1. The van der Waals surface area contributed by atoms with Crippen LogP contribution >= 0.6 is 11.6 Å². The van der Waals surface area contributed by atoms with Crippen LogP contribution in [0.2, 0.25) is 0 Å². The summed E-state index contributed by atoms with van der Waals surface area (Å²) < 4.78 is 0. The zero-order valence-electron chi connectivity index (χ0n) is 7.13. The molecular weight excluding hydrogens is 170 g/mol. The van der Waals surface area contributed by atoms with Gasteiger partial charge < -0.3 is 0 Å². The molecule has 1 rings (SSSR count). The highest BCUT2D eigenvalue weighted by Gasteiger charge is 1.93. The number of halogens is 1. The highest BCUT2D eigenvalue weighted by atomic mass is 35.5. The Morgan fingerprint density at radius 2 is 2.00 bits per heavy atom. The standard InChI is InChI=1S/C10H12ClN/c1-9(12-8-7-11)10-5-3-2-4-6-10/h2-6H,7-8H2,1H3. The summed E-state index contributed by atoms with van der Waals surface area (Å²) in [5.74, 6) is 0.587. The Bertz CT molecular complexity index is 254. The van der Waals surface area contributed by atoms with Crippen molar-refractivity contribution in [1.82, 2.24) is 0 Å². The van der Waals surface area contributed by atoms with Crippen molar-refractivity contribution < 1.29 is 0 Å². The number of hydrogen-bond donors (Lipinski definition) is 0. The highest BCUT2D eigenvalue weighted by molar-refractivity contribution is 6.18. The van der Waals surface area contributed by atoms with Gasteiger partial charge in [-0.05, 0) is 12.5 Å². The van der Waals surface area contributed by atoms with E-state index in [0.717, 1.165) is 5.71 Å². The van der Waals surface area contributed by atoms with Gasteiger partial charge in [0.15, 0.2) is 0 Å². The molecule has 0 unspecified atom stereocenters. The molecule has 2 heteroatoms. The second kappa shape index (κ2) is 4.94. The first kappa shape index (κ1) is 9.27. The predicted molar refractivity (Wildman–Crippen MR) is 54.2 cm³/mol. The van der Waals surface area contributed by atoms with Gasteiger partial charge in [-0.15, -0.1) is 11.6 Å². The normalized spacial score (nSPS) is 11.7. The van der Waals surface area contributed by atoms with Crippen molar-refractivity contribution >= 4 is 17.3 Å². The van der Waals surface area contributed by atoms with Crippen LogP contribution in [0.1, 0.15) is 12.5 Å². The van der Waals surface area contributed by atoms with Gasteiger partial charge in [-0.25, -0.2) is 0 Å². The average Bonchev–Trinajstić information content (AvgIpc) is 2.15. The van der Waals surface area contributed by atoms with E-state index in [-0.39, 0.29) is 0 Å². The van der Waals surface area contributed by atoms with Crippen molar-refractivity contribution in [2.75, 3.05) is 12.4 Å². The molecule has 1 aromatic carbocycles. The van der Waals surface area contributed by atoms with E-state index in [1.165, 1.54) is 5.56 Å². The molecule has 0 spiro atoms. The first-order valence-corrected chi connectivity index (χ1v) is 4.50. The topological polar surface area (TPSA) is 12.4 Å². The summed E-state index contributed by atoms with van der Waals surface area (Å²) in [6, 6.07) is 10.1. The summed E-state index contributed by atoms with van der Waals surface area (Å²) in [5.41, 5.74) is 2.22.